The summed E-state index contributed by atoms with van der Waals surface area (Å²) in [5, 5.41) is 2.99. The topological polar surface area (TPSA) is 38.3 Å². The Kier molecular flexibility index (Phi) is 6.73. The highest BCUT2D eigenvalue weighted by atomic mass is 16.5. The number of hydrogen-bond acceptors (Lipinski definition) is 2. The number of carbonyl (C=O) groups excluding carboxylic acids is 1. The van der Waals surface area contributed by atoms with Gasteiger partial charge in [0, 0.05) is 6.54 Å². The van der Waals surface area contributed by atoms with Crippen LogP contribution in [0, 0.1) is 31.6 Å². The number of rotatable bonds is 7. The van der Waals surface area contributed by atoms with E-state index in [2.05, 4.69) is 33.0 Å². The van der Waals surface area contributed by atoms with Crippen LogP contribution in [0.2, 0.25) is 0 Å². The molecule has 118 valence electrons. The molecule has 3 heteroatoms. The third-order valence-electron chi connectivity index (χ3n) is 3.95. The van der Waals surface area contributed by atoms with Gasteiger partial charge >= 0.3 is 0 Å². The molecule has 0 spiro atoms. The van der Waals surface area contributed by atoms with Gasteiger partial charge in [-0.1, -0.05) is 39.8 Å². The van der Waals surface area contributed by atoms with Gasteiger partial charge in [0.05, 0.1) is 0 Å². The molecule has 1 amide bonds. The second-order valence-electron chi connectivity index (χ2n) is 6.51. The first-order valence-electron chi connectivity index (χ1n) is 7.78. The monoisotopic (exact) mass is 291 g/mol. The minimum Gasteiger partial charge on any atom is -0.483 e. The number of carbonyl (C=O) groups is 1. The molecule has 0 bridgehead atoms. The summed E-state index contributed by atoms with van der Waals surface area (Å²) in [6, 6.07) is 6.02. The molecule has 3 nitrogen and oxygen atoms in total. The maximum Gasteiger partial charge on any atom is 0.257 e. The van der Waals surface area contributed by atoms with Crippen molar-refractivity contribution in [1.29, 1.82) is 0 Å². The third kappa shape index (κ3) is 5.78. The maximum atomic E-state index is 11.9. The predicted octanol–water partition coefficient (Wildman–Crippen LogP) is 3.73. The first-order chi connectivity index (χ1) is 9.81. The van der Waals surface area contributed by atoms with E-state index in [1.165, 1.54) is 0 Å². The van der Waals surface area contributed by atoms with E-state index in [1.54, 1.807) is 0 Å². The summed E-state index contributed by atoms with van der Waals surface area (Å²) in [5.41, 5.74) is 2.19. The number of benzene rings is 1. The Balaban J connectivity index is 2.45. The van der Waals surface area contributed by atoms with E-state index in [-0.39, 0.29) is 12.5 Å². The van der Waals surface area contributed by atoms with Crippen LogP contribution in [-0.2, 0) is 4.79 Å². The highest BCUT2D eigenvalue weighted by Crippen LogP contribution is 2.20. The number of aryl methyl sites for hydroxylation is 2. The molecule has 0 saturated heterocycles. The van der Waals surface area contributed by atoms with Crippen molar-refractivity contribution in [2.45, 2.75) is 41.5 Å². The van der Waals surface area contributed by atoms with E-state index < -0.39 is 0 Å². The van der Waals surface area contributed by atoms with Crippen molar-refractivity contribution in [2.75, 3.05) is 13.2 Å². The van der Waals surface area contributed by atoms with E-state index in [0.29, 0.717) is 24.3 Å². The molecule has 0 radical (unpaired) electrons. The summed E-state index contributed by atoms with van der Waals surface area (Å²) in [5.74, 6) is 2.35. The van der Waals surface area contributed by atoms with Gasteiger partial charge in [0.2, 0.25) is 0 Å². The fourth-order valence-electron chi connectivity index (χ4n) is 2.53. The van der Waals surface area contributed by atoms with E-state index in [0.717, 1.165) is 16.9 Å². The van der Waals surface area contributed by atoms with E-state index in [4.69, 9.17) is 4.74 Å². The lowest BCUT2D eigenvalue weighted by Gasteiger charge is -2.25. The van der Waals surface area contributed by atoms with Crippen LogP contribution in [0.25, 0.3) is 0 Å². The molecule has 1 aromatic carbocycles. The van der Waals surface area contributed by atoms with Crippen LogP contribution in [0.1, 0.15) is 38.8 Å². The van der Waals surface area contributed by atoms with Crippen molar-refractivity contribution < 1.29 is 9.53 Å². The fraction of sp³-hybridized carbons (Fsp3) is 0.611. The average molecular weight is 291 g/mol. The molecule has 0 aliphatic carbocycles. The van der Waals surface area contributed by atoms with Crippen LogP contribution in [0.3, 0.4) is 0 Å². The SMILES string of the molecule is Cc1ccc(C)c(OCC(=O)NCC(C(C)C)C(C)C)c1. The van der Waals surface area contributed by atoms with Crippen LogP contribution in [0.4, 0.5) is 0 Å². The van der Waals surface area contributed by atoms with Gasteiger partial charge in [-0.05, 0) is 48.8 Å². The van der Waals surface area contributed by atoms with Crippen molar-refractivity contribution in [1.82, 2.24) is 5.32 Å². The van der Waals surface area contributed by atoms with E-state index in [1.807, 2.05) is 32.0 Å². The fourth-order valence-corrected chi connectivity index (χ4v) is 2.53. The van der Waals surface area contributed by atoms with Crippen LogP contribution in [-0.4, -0.2) is 19.1 Å². The lowest BCUT2D eigenvalue weighted by molar-refractivity contribution is -0.123. The summed E-state index contributed by atoms with van der Waals surface area (Å²) < 4.78 is 5.62. The summed E-state index contributed by atoms with van der Waals surface area (Å²) in [7, 11) is 0. The molecule has 0 aliphatic rings. The Hall–Kier alpha value is -1.51. The van der Waals surface area contributed by atoms with Gasteiger partial charge in [-0.25, -0.2) is 0 Å². The molecule has 0 heterocycles. The highest BCUT2D eigenvalue weighted by molar-refractivity contribution is 5.77. The quantitative estimate of drug-likeness (QED) is 0.831. The molecular formula is C18H29NO2. The van der Waals surface area contributed by atoms with Crippen molar-refractivity contribution in [2.24, 2.45) is 17.8 Å². The minimum atomic E-state index is -0.0535. The lowest BCUT2D eigenvalue weighted by Crippen LogP contribution is -2.36. The highest BCUT2D eigenvalue weighted by Gasteiger charge is 2.18. The Labute approximate surface area is 129 Å². The van der Waals surface area contributed by atoms with Crippen LogP contribution in [0.15, 0.2) is 18.2 Å². The molecule has 21 heavy (non-hydrogen) atoms. The normalized spacial score (nSPS) is 11.3. The number of hydrogen-bond donors (Lipinski definition) is 1. The molecule has 0 unspecified atom stereocenters. The first-order valence-corrected chi connectivity index (χ1v) is 7.78. The molecule has 0 aliphatic heterocycles. The molecule has 0 aromatic heterocycles. The zero-order valence-electron chi connectivity index (χ0n) is 14.2. The van der Waals surface area contributed by atoms with Crippen LogP contribution >= 0.6 is 0 Å². The summed E-state index contributed by atoms with van der Waals surface area (Å²) in [6.45, 7) is 13.6. The Bertz CT molecular complexity index is 458. The lowest BCUT2D eigenvalue weighted by atomic mass is 9.85. The minimum absolute atomic E-state index is 0.0535. The predicted molar refractivity (Wildman–Crippen MR) is 87.6 cm³/mol. The van der Waals surface area contributed by atoms with Gasteiger partial charge in [0.1, 0.15) is 5.75 Å². The Morgan fingerprint density at radius 1 is 1.14 bits per heavy atom. The Morgan fingerprint density at radius 3 is 2.33 bits per heavy atom. The Morgan fingerprint density at radius 2 is 1.76 bits per heavy atom. The second kappa shape index (κ2) is 8.06. The third-order valence-corrected chi connectivity index (χ3v) is 3.95. The maximum absolute atomic E-state index is 11.9. The molecule has 1 rings (SSSR count). The van der Waals surface area contributed by atoms with Crippen molar-refractivity contribution in [3.05, 3.63) is 29.3 Å². The largest absolute Gasteiger partial charge is 0.483 e. The van der Waals surface area contributed by atoms with Crippen molar-refractivity contribution in [3.63, 3.8) is 0 Å². The summed E-state index contributed by atoms with van der Waals surface area (Å²) in [4.78, 5) is 11.9. The zero-order chi connectivity index (χ0) is 16.0. The second-order valence-corrected chi connectivity index (χ2v) is 6.51. The van der Waals surface area contributed by atoms with Gasteiger partial charge in [-0.2, -0.15) is 0 Å². The van der Waals surface area contributed by atoms with Gasteiger partial charge in [0.15, 0.2) is 6.61 Å². The van der Waals surface area contributed by atoms with Crippen molar-refractivity contribution in [3.8, 4) is 5.75 Å². The smallest absolute Gasteiger partial charge is 0.257 e. The van der Waals surface area contributed by atoms with Gasteiger partial charge in [-0.15, -0.1) is 0 Å². The molecule has 0 atom stereocenters. The molecule has 0 fully saturated rings. The molecule has 0 saturated carbocycles. The van der Waals surface area contributed by atoms with Crippen molar-refractivity contribution >= 4 is 5.91 Å². The molecular weight excluding hydrogens is 262 g/mol. The van der Waals surface area contributed by atoms with Gasteiger partial charge in [-0.3, -0.25) is 4.79 Å². The molecule has 1 aromatic rings. The first kappa shape index (κ1) is 17.5. The summed E-state index contributed by atoms with van der Waals surface area (Å²) in [6.07, 6.45) is 0. The molecule has 1 N–H and O–H groups in total. The number of amides is 1. The van der Waals surface area contributed by atoms with Crippen LogP contribution < -0.4 is 10.1 Å². The van der Waals surface area contributed by atoms with Crippen LogP contribution in [0.5, 0.6) is 5.75 Å². The zero-order valence-corrected chi connectivity index (χ0v) is 14.2. The average Bonchev–Trinajstić information content (AvgIpc) is 2.39. The number of ether oxygens (including phenoxy) is 1. The van der Waals surface area contributed by atoms with Gasteiger partial charge < -0.3 is 10.1 Å². The van der Waals surface area contributed by atoms with E-state index >= 15 is 0 Å². The standard InChI is InChI=1S/C18H29NO2/c1-12(2)16(13(3)4)10-19-18(20)11-21-17-9-14(5)7-8-15(17)6/h7-9,12-13,16H,10-11H2,1-6H3,(H,19,20). The number of nitrogens with one attached hydrogen (secondary N) is 1. The van der Waals surface area contributed by atoms with Gasteiger partial charge in [0.25, 0.3) is 5.91 Å². The van der Waals surface area contributed by atoms with E-state index in [9.17, 15) is 4.79 Å². The summed E-state index contributed by atoms with van der Waals surface area (Å²) >= 11 is 0.